The molecule has 1 atom stereocenters. The van der Waals surface area contributed by atoms with Crippen molar-refractivity contribution in [2.24, 2.45) is 5.92 Å². The van der Waals surface area contributed by atoms with E-state index in [1.807, 2.05) is 11.9 Å². The molecule has 25 heavy (non-hydrogen) atoms. The summed E-state index contributed by atoms with van der Waals surface area (Å²) in [4.78, 5) is 20.0. The van der Waals surface area contributed by atoms with Crippen LogP contribution in [0.25, 0.3) is 0 Å². The second-order valence-electron chi connectivity index (χ2n) is 6.85. The van der Waals surface area contributed by atoms with Gasteiger partial charge < -0.3 is 9.80 Å². The van der Waals surface area contributed by atoms with Crippen LogP contribution in [-0.2, 0) is 11.0 Å². The van der Waals surface area contributed by atoms with E-state index in [1.165, 1.54) is 0 Å². The Balaban J connectivity index is 1.71. The number of halogens is 4. The highest BCUT2D eigenvalue weighted by molar-refractivity contribution is 6.33. The molecule has 0 aromatic carbocycles. The average molecular weight is 376 g/mol. The highest BCUT2D eigenvalue weighted by atomic mass is 35.5. The van der Waals surface area contributed by atoms with Crippen LogP contribution in [0, 0.1) is 5.92 Å². The van der Waals surface area contributed by atoms with Crippen molar-refractivity contribution in [3.05, 3.63) is 22.8 Å². The Labute approximate surface area is 149 Å². The smallest absolute Gasteiger partial charge is 0.353 e. The zero-order valence-corrected chi connectivity index (χ0v) is 14.8. The molecule has 0 N–H and O–H groups in total. The van der Waals surface area contributed by atoms with Crippen molar-refractivity contribution in [1.82, 2.24) is 9.88 Å². The number of likely N-dealkylation sites (N-methyl/N-ethyl adjacent to an activating group) is 1. The summed E-state index contributed by atoms with van der Waals surface area (Å²) < 4.78 is 38.3. The lowest BCUT2D eigenvalue weighted by atomic mass is 9.84. The summed E-state index contributed by atoms with van der Waals surface area (Å²) >= 11 is 6.06. The van der Waals surface area contributed by atoms with Crippen molar-refractivity contribution in [2.45, 2.75) is 44.3 Å². The predicted octanol–water partition coefficient (Wildman–Crippen LogP) is 3.98. The molecule has 3 rings (SSSR count). The maximum absolute atomic E-state index is 12.8. The molecule has 1 aliphatic carbocycles. The monoisotopic (exact) mass is 375 g/mol. The topological polar surface area (TPSA) is 36.4 Å². The molecule has 1 saturated heterocycles. The molecule has 1 aliphatic heterocycles. The number of amides is 1. The van der Waals surface area contributed by atoms with Gasteiger partial charge in [0.05, 0.1) is 10.6 Å². The molecule has 2 heterocycles. The van der Waals surface area contributed by atoms with E-state index in [2.05, 4.69) is 4.98 Å². The second-order valence-corrected chi connectivity index (χ2v) is 7.25. The number of anilines is 1. The maximum Gasteiger partial charge on any atom is 0.417 e. The first-order valence-electron chi connectivity index (χ1n) is 8.51. The summed E-state index contributed by atoms with van der Waals surface area (Å²) in [7, 11) is 1.82. The van der Waals surface area contributed by atoms with Crippen LogP contribution in [0.2, 0.25) is 5.02 Å². The van der Waals surface area contributed by atoms with Crippen LogP contribution in [0.5, 0.6) is 0 Å². The molecule has 0 bridgehead atoms. The van der Waals surface area contributed by atoms with Crippen LogP contribution >= 0.6 is 11.6 Å². The van der Waals surface area contributed by atoms with Crippen LogP contribution in [-0.4, -0.2) is 42.0 Å². The van der Waals surface area contributed by atoms with Crippen LogP contribution in [0.15, 0.2) is 12.3 Å². The first kappa shape index (κ1) is 18.3. The van der Waals surface area contributed by atoms with Gasteiger partial charge in [-0.2, -0.15) is 13.2 Å². The van der Waals surface area contributed by atoms with Gasteiger partial charge in [0.2, 0.25) is 5.91 Å². The molecule has 8 heteroatoms. The fraction of sp³-hybridized carbons (Fsp3) is 0.647. The van der Waals surface area contributed by atoms with Crippen LogP contribution < -0.4 is 4.90 Å². The quantitative estimate of drug-likeness (QED) is 0.801. The van der Waals surface area contributed by atoms with E-state index in [0.717, 1.165) is 44.4 Å². The van der Waals surface area contributed by atoms with Crippen molar-refractivity contribution in [1.29, 1.82) is 0 Å². The zero-order chi connectivity index (χ0) is 18.2. The first-order chi connectivity index (χ1) is 11.8. The highest BCUT2D eigenvalue weighted by Crippen LogP contribution is 2.35. The van der Waals surface area contributed by atoms with Gasteiger partial charge in [0.1, 0.15) is 5.82 Å². The predicted molar refractivity (Wildman–Crippen MR) is 89.6 cm³/mol. The summed E-state index contributed by atoms with van der Waals surface area (Å²) in [6.45, 7) is 1.20. The summed E-state index contributed by atoms with van der Waals surface area (Å²) in [5.74, 6) is 0.654. The van der Waals surface area contributed by atoms with Crippen LogP contribution in [0.4, 0.5) is 19.0 Å². The summed E-state index contributed by atoms with van der Waals surface area (Å²) in [5.41, 5.74) is -0.855. The van der Waals surface area contributed by atoms with Gasteiger partial charge in [-0.1, -0.05) is 18.0 Å². The second kappa shape index (κ2) is 7.02. The van der Waals surface area contributed by atoms with Crippen molar-refractivity contribution in [3.8, 4) is 0 Å². The molecule has 1 amide bonds. The molecule has 1 saturated carbocycles. The number of nitrogens with zero attached hydrogens (tertiary/aromatic N) is 3. The van der Waals surface area contributed by atoms with E-state index >= 15 is 0 Å². The lowest BCUT2D eigenvalue weighted by Crippen LogP contribution is -2.51. The van der Waals surface area contributed by atoms with Gasteiger partial charge in [-0.05, 0) is 31.7 Å². The van der Waals surface area contributed by atoms with E-state index in [-0.39, 0.29) is 22.9 Å². The van der Waals surface area contributed by atoms with Crippen molar-refractivity contribution in [3.63, 3.8) is 0 Å². The Kier molecular flexibility index (Phi) is 5.14. The van der Waals surface area contributed by atoms with Gasteiger partial charge in [-0.25, -0.2) is 4.98 Å². The number of rotatable bonds is 3. The number of alkyl halides is 3. The van der Waals surface area contributed by atoms with Crippen molar-refractivity contribution in [2.75, 3.05) is 25.0 Å². The average Bonchev–Trinajstić information content (AvgIpc) is 2.51. The van der Waals surface area contributed by atoms with Gasteiger partial charge in [-0.3, -0.25) is 4.79 Å². The minimum Gasteiger partial charge on any atom is -0.353 e. The number of hydrogen-bond donors (Lipinski definition) is 0. The van der Waals surface area contributed by atoms with Gasteiger partial charge in [0, 0.05) is 38.3 Å². The van der Waals surface area contributed by atoms with Gasteiger partial charge in [0.25, 0.3) is 0 Å². The van der Waals surface area contributed by atoms with E-state index in [1.54, 1.807) is 4.90 Å². The van der Waals surface area contributed by atoms with E-state index in [9.17, 15) is 18.0 Å². The fourth-order valence-electron chi connectivity index (χ4n) is 3.40. The van der Waals surface area contributed by atoms with Crippen LogP contribution in [0.1, 0.15) is 37.7 Å². The Morgan fingerprint density at radius 1 is 1.32 bits per heavy atom. The fourth-order valence-corrected chi connectivity index (χ4v) is 3.69. The van der Waals surface area contributed by atoms with Gasteiger partial charge in [0.15, 0.2) is 0 Å². The van der Waals surface area contributed by atoms with Gasteiger partial charge >= 0.3 is 6.18 Å². The lowest BCUT2D eigenvalue weighted by molar-refractivity contribution is -0.139. The minimum atomic E-state index is -4.46. The van der Waals surface area contributed by atoms with Crippen molar-refractivity contribution < 1.29 is 18.0 Å². The normalized spacial score (nSPS) is 21.8. The van der Waals surface area contributed by atoms with Crippen LogP contribution in [0.3, 0.4) is 0 Å². The number of aromatic nitrogens is 1. The third-order valence-electron chi connectivity index (χ3n) is 5.19. The Hall–Kier alpha value is -1.50. The Bertz CT molecular complexity index is 649. The SMILES string of the molecule is CN(C(=O)C1CCC1)C1CCCN(c2ncc(C(F)(F)F)cc2Cl)C1. The standard InChI is InChI=1S/C17H21ClF3N3O/c1-23(16(25)11-4-2-5-11)13-6-3-7-24(10-13)15-14(18)8-12(9-22-15)17(19,20)21/h8-9,11,13H,2-7,10H2,1H3. The molecule has 2 fully saturated rings. The molecule has 1 aromatic heterocycles. The zero-order valence-electron chi connectivity index (χ0n) is 14.0. The maximum atomic E-state index is 12.8. The molecular formula is C17H21ClF3N3O. The summed E-state index contributed by atoms with van der Waals surface area (Å²) in [5, 5.41) is -0.0107. The van der Waals surface area contributed by atoms with E-state index in [0.29, 0.717) is 18.9 Å². The summed E-state index contributed by atoms with van der Waals surface area (Å²) in [6.07, 6.45) is 1.07. The number of hydrogen-bond acceptors (Lipinski definition) is 3. The van der Waals surface area contributed by atoms with E-state index in [4.69, 9.17) is 11.6 Å². The number of piperidine rings is 1. The molecule has 138 valence electrons. The largest absolute Gasteiger partial charge is 0.417 e. The van der Waals surface area contributed by atoms with E-state index < -0.39 is 11.7 Å². The lowest BCUT2D eigenvalue weighted by Gasteiger charge is -2.40. The number of carbonyl (C=O) groups excluding carboxylic acids is 1. The Morgan fingerprint density at radius 3 is 2.60 bits per heavy atom. The Morgan fingerprint density at radius 2 is 2.04 bits per heavy atom. The minimum absolute atomic E-state index is 0.0107. The highest BCUT2D eigenvalue weighted by Gasteiger charge is 2.35. The first-order valence-corrected chi connectivity index (χ1v) is 8.89. The van der Waals surface area contributed by atoms with Crippen molar-refractivity contribution >= 4 is 23.3 Å². The molecule has 0 radical (unpaired) electrons. The molecule has 0 spiro atoms. The molecule has 4 nitrogen and oxygen atoms in total. The molecule has 2 aliphatic rings. The third kappa shape index (κ3) is 3.86. The summed E-state index contributed by atoms with van der Waals surface area (Å²) in [6, 6.07) is 0.943. The van der Waals surface area contributed by atoms with Gasteiger partial charge in [-0.15, -0.1) is 0 Å². The molecular weight excluding hydrogens is 355 g/mol. The number of carbonyl (C=O) groups is 1. The third-order valence-corrected chi connectivity index (χ3v) is 5.47. The number of pyridine rings is 1. The molecule has 1 aromatic rings. The molecule has 1 unspecified atom stereocenters.